The van der Waals surface area contributed by atoms with Gasteiger partial charge in [-0.25, -0.2) is 4.79 Å². The zero-order valence-corrected chi connectivity index (χ0v) is 15.1. The molecule has 1 atom stereocenters. The number of nitrogens with one attached hydrogen (secondary N) is 1. The number of para-hydroxylation sites is 1. The number of halogens is 1. The summed E-state index contributed by atoms with van der Waals surface area (Å²) >= 11 is 6.04. The van der Waals surface area contributed by atoms with Gasteiger partial charge in [0.1, 0.15) is 5.75 Å². The van der Waals surface area contributed by atoms with E-state index in [0.29, 0.717) is 22.0 Å². The molecule has 5 nitrogen and oxygen atoms in total. The second-order valence-corrected chi connectivity index (χ2v) is 5.84. The number of carbonyl (C=O) groups excluding carboxylic acids is 2. The van der Waals surface area contributed by atoms with Crippen LogP contribution in [0.4, 0.5) is 5.69 Å². The number of ether oxygens (including phenoxy) is 2. The molecule has 0 bridgehead atoms. The predicted octanol–water partition coefficient (Wildman–Crippen LogP) is 4.23. The van der Waals surface area contributed by atoms with E-state index in [1.807, 2.05) is 6.92 Å². The maximum absolute atomic E-state index is 12.4. The third-order valence-corrected chi connectivity index (χ3v) is 3.83. The fourth-order valence-corrected chi connectivity index (χ4v) is 2.30. The molecule has 25 heavy (non-hydrogen) atoms. The van der Waals surface area contributed by atoms with E-state index in [4.69, 9.17) is 21.1 Å². The second kappa shape index (κ2) is 8.53. The Bertz CT molecular complexity index is 776. The van der Waals surface area contributed by atoms with Crippen LogP contribution in [0.15, 0.2) is 42.5 Å². The molecule has 6 heteroatoms. The standard InChI is InChI=1S/C19H20ClNO4/c1-4-24-19(23)14-10-9-12(2)16(11-14)21-18(22)13(3)25-17-8-6-5-7-15(17)20/h5-11,13H,4H2,1-3H3,(H,21,22)/t13-/m0/s1. The van der Waals surface area contributed by atoms with E-state index in [0.717, 1.165) is 5.56 Å². The Morgan fingerprint density at radius 2 is 1.92 bits per heavy atom. The number of benzene rings is 2. The Kier molecular flexibility index (Phi) is 6.42. The molecule has 2 aromatic carbocycles. The molecule has 1 amide bonds. The molecular formula is C19H20ClNO4. The summed E-state index contributed by atoms with van der Waals surface area (Å²) in [5, 5.41) is 3.21. The van der Waals surface area contributed by atoms with E-state index in [-0.39, 0.29) is 12.5 Å². The van der Waals surface area contributed by atoms with Gasteiger partial charge in [0.05, 0.1) is 17.2 Å². The average molecular weight is 362 g/mol. The molecule has 0 radical (unpaired) electrons. The van der Waals surface area contributed by atoms with Gasteiger partial charge in [0.2, 0.25) is 0 Å². The summed E-state index contributed by atoms with van der Waals surface area (Å²) < 4.78 is 10.6. The lowest BCUT2D eigenvalue weighted by molar-refractivity contribution is -0.122. The molecule has 0 saturated carbocycles. The summed E-state index contributed by atoms with van der Waals surface area (Å²) in [4.78, 5) is 24.2. The number of carbonyl (C=O) groups is 2. The molecule has 2 aromatic rings. The molecule has 1 N–H and O–H groups in total. The largest absolute Gasteiger partial charge is 0.479 e. The van der Waals surface area contributed by atoms with Crippen molar-refractivity contribution in [3.63, 3.8) is 0 Å². The second-order valence-electron chi connectivity index (χ2n) is 5.43. The molecule has 0 heterocycles. The summed E-state index contributed by atoms with van der Waals surface area (Å²) in [7, 11) is 0. The zero-order chi connectivity index (χ0) is 18.4. The van der Waals surface area contributed by atoms with Gasteiger partial charge in [-0.1, -0.05) is 29.8 Å². The lowest BCUT2D eigenvalue weighted by Gasteiger charge is -2.17. The van der Waals surface area contributed by atoms with Crippen molar-refractivity contribution in [1.82, 2.24) is 0 Å². The molecule has 0 fully saturated rings. The van der Waals surface area contributed by atoms with E-state index in [1.165, 1.54) is 0 Å². The van der Waals surface area contributed by atoms with Crippen LogP contribution in [0.3, 0.4) is 0 Å². The number of anilines is 1. The first kappa shape index (κ1) is 18.8. The van der Waals surface area contributed by atoms with Gasteiger partial charge in [0, 0.05) is 5.69 Å². The highest BCUT2D eigenvalue weighted by molar-refractivity contribution is 6.32. The predicted molar refractivity (Wildman–Crippen MR) is 97.3 cm³/mol. The lowest BCUT2D eigenvalue weighted by atomic mass is 10.1. The molecule has 0 spiro atoms. The highest BCUT2D eigenvalue weighted by atomic mass is 35.5. The van der Waals surface area contributed by atoms with Crippen molar-refractivity contribution in [1.29, 1.82) is 0 Å². The van der Waals surface area contributed by atoms with Crippen LogP contribution in [-0.2, 0) is 9.53 Å². The maximum Gasteiger partial charge on any atom is 0.338 e. The molecule has 0 saturated heterocycles. The molecule has 0 aliphatic heterocycles. The lowest BCUT2D eigenvalue weighted by Crippen LogP contribution is -2.30. The van der Waals surface area contributed by atoms with Crippen molar-refractivity contribution in [2.75, 3.05) is 11.9 Å². The van der Waals surface area contributed by atoms with E-state index < -0.39 is 12.1 Å². The number of aryl methyl sites for hydroxylation is 1. The van der Waals surface area contributed by atoms with Crippen LogP contribution in [-0.4, -0.2) is 24.6 Å². The van der Waals surface area contributed by atoms with E-state index in [2.05, 4.69) is 5.32 Å². The Hall–Kier alpha value is -2.53. The highest BCUT2D eigenvalue weighted by Crippen LogP contribution is 2.25. The van der Waals surface area contributed by atoms with Gasteiger partial charge in [0.25, 0.3) is 5.91 Å². The molecular weight excluding hydrogens is 342 g/mol. The van der Waals surface area contributed by atoms with Crippen molar-refractivity contribution in [3.8, 4) is 5.75 Å². The molecule has 0 aromatic heterocycles. The average Bonchev–Trinajstić information content (AvgIpc) is 2.59. The third-order valence-electron chi connectivity index (χ3n) is 3.52. The van der Waals surface area contributed by atoms with Crippen molar-refractivity contribution >= 4 is 29.2 Å². The fourth-order valence-electron chi connectivity index (χ4n) is 2.12. The van der Waals surface area contributed by atoms with Crippen molar-refractivity contribution < 1.29 is 19.1 Å². The number of hydrogen-bond donors (Lipinski definition) is 1. The van der Waals surface area contributed by atoms with Crippen LogP contribution in [0, 0.1) is 6.92 Å². The van der Waals surface area contributed by atoms with Gasteiger partial charge in [0.15, 0.2) is 6.10 Å². The van der Waals surface area contributed by atoms with Crippen LogP contribution >= 0.6 is 11.6 Å². The first-order chi connectivity index (χ1) is 11.9. The van der Waals surface area contributed by atoms with Gasteiger partial charge in [-0.2, -0.15) is 0 Å². The molecule has 0 unspecified atom stereocenters. The Morgan fingerprint density at radius 3 is 2.60 bits per heavy atom. The normalized spacial score (nSPS) is 11.5. The summed E-state index contributed by atoms with van der Waals surface area (Å²) in [6, 6.07) is 11.9. The van der Waals surface area contributed by atoms with Gasteiger partial charge in [-0.15, -0.1) is 0 Å². The Labute approximate surface area is 151 Å². The van der Waals surface area contributed by atoms with Crippen LogP contribution in [0.1, 0.15) is 29.8 Å². The monoisotopic (exact) mass is 361 g/mol. The minimum Gasteiger partial charge on any atom is -0.479 e. The molecule has 0 aliphatic rings. The Balaban J connectivity index is 2.10. The van der Waals surface area contributed by atoms with E-state index in [1.54, 1.807) is 56.3 Å². The molecule has 2 rings (SSSR count). The molecule has 132 valence electrons. The van der Waals surface area contributed by atoms with Gasteiger partial charge in [-0.3, -0.25) is 4.79 Å². The minimum absolute atomic E-state index is 0.289. The maximum atomic E-state index is 12.4. The minimum atomic E-state index is -0.759. The van der Waals surface area contributed by atoms with E-state index in [9.17, 15) is 9.59 Å². The summed E-state index contributed by atoms with van der Waals surface area (Å²) in [5.41, 5.74) is 1.74. The van der Waals surface area contributed by atoms with Crippen molar-refractivity contribution in [2.45, 2.75) is 26.9 Å². The van der Waals surface area contributed by atoms with Gasteiger partial charge in [-0.05, 0) is 50.6 Å². The van der Waals surface area contributed by atoms with Crippen molar-refractivity contribution in [3.05, 3.63) is 58.6 Å². The zero-order valence-electron chi connectivity index (χ0n) is 14.3. The summed E-state index contributed by atoms with van der Waals surface area (Å²) in [6.45, 7) is 5.49. The summed E-state index contributed by atoms with van der Waals surface area (Å²) in [6.07, 6.45) is -0.759. The topological polar surface area (TPSA) is 64.6 Å². The van der Waals surface area contributed by atoms with E-state index >= 15 is 0 Å². The number of amides is 1. The van der Waals surface area contributed by atoms with Crippen molar-refractivity contribution in [2.24, 2.45) is 0 Å². The first-order valence-corrected chi connectivity index (χ1v) is 8.30. The number of hydrogen-bond acceptors (Lipinski definition) is 4. The first-order valence-electron chi connectivity index (χ1n) is 7.92. The van der Waals surface area contributed by atoms with Crippen LogP contribution < -0.4 is 10.1 Å². The summed E-state index contributed by atoms with van der Waals surface area (Å²) in [5.74, 6) is -0.341. The molecule has 0 aliphatic carbocycles. The smallest absolute Gasteiger partial charge is 0.338 e. The highest BCUT2D eigenvalue weighted by Gasteiger charge is 2.18. The van der Waals surface area contributed by atoms with Gasteiger partial charge < -0.3 is 14.8 Å². The third kappa shape index (κ3) is 4.97. The quantitative estimate of drug-likeness (QED) is 0.782. The fraction of sp³-hybridized carbons (Fsp3) is 0.263. The van der Waals surface area contributed by atoms with Crippen LogP contribution in [0.5, 0.6) is 5.75 Å². The SMILES string of the molecule is CCOC(=O)c1ccc(C)c(NC(=O)[C@H](C)Oc2ccccc2Cl)c1. The number of rotatable bonds is 6. The van der Waals surface area contributed by atoms with Crippen LogP contribution in [0.2, 0.25) is 5.02 Å². The number of esters is 1. The van der Waals surface area contributed by atoms with Crippen LogP contribution in [0.25, 0.3) is 0 Å². The van der Waals surface area contributed by atoms with Gasteiger partial charge >= 0.3 is 5.97 Å². The Morgan fingerprint density at radius 1 is 1.20 bits per heavy atom.